The quantitative estimate of drug-likeness (QED) is 0.590. The number of nitrogens with zero attached hydrogens (tertiary/aromatic N) is 3. The highest BCUT2D eigenvalue weighted by atomic mass is 15.0. The lowest BCUT2D eigenvalue weighted by Gasteiger charge is -2.09. The van der Waals surface area contributed by atoms with Crippen molar-refractivity contribution < 1.29 is 0 Å². The molecule has 120 valence electrons. The average Bonchev–Trinajstić information content (AvgIpc) is 3.29. The van der Waals surface area contributed by atoms with E-state index in [0.717, 1.165) is 45.8 Å². The number of hydrogen-bond acceptors (Lipinski definition) is 4. The lowest BCUT2D eigenvalue weighted by atomic mass is 10.1. The van der Waals surface area contributed by atoms with E-state index in [-0.39, 0.29) is 0 Å². The third-order valence-electron chi connectivity index (χ3n) is 4.46. The molecule has 0 unspecified atom stereocenters. The minimum atomic E-state index is 0.767. The molecule has 0 atom stereocenters. The van der Waals surface area contributed by atoms with E-state index in [1.807, 2.05) is 30.6 Å². The summed E-state index contributed by atoms with van der Waals surface area (Å²) in [4.78, 5) is 16.4. The Morgan fingerprint density at radius 2 is 1.92 bits per heavy atom. The highest BCUT2D eigenvalue weighted by Gasteiger charge is 2.13. The number of aromatic nitrogens is 3. The van der Waals surface area contributed by atoms with Crippen LogP contribution in [0.2, 0.25) is 0 Å². The zero-order chi connectivity index (χ0) is 16.6. The van der Waals surface area contributed by atoms with Crippen molar-refractivity contribution in [3.8, 4) is 11.1 Å². The monoisotopic (exact) mass is 325 g/mol. The molecule has 2 N–H and O–H groups in total. The molecule has 0 saturated carbocycles. The fourth-order valence-corrected chi connectivity index (χ4v) is 3.22. The number of hydrogen-bond donors (Lipinski definition) is 2. The predicted molar refractivity (Wildman–Crippen MR) is 100 cm³/mol. The molecule has 0 bridgehead atoms. The Hall–Kier alpha value is -3.47. The fourth-order valence-electron chi connectivity index (χ4n) is 3.22. The summed E-state index contributed by atoms with van der Waals surface area (Å²) in [6.07, 6.45) is 5.47. The summed E-state index contributed by atoms with van der Waals surface area (Å²) in [5, 5.41) is 4.43. The van der Waals surface area contributed by atoms with E-state index in [1.54, 1.807) is 6.33 Å². The Kier molecular flexibility index (Phi) is 3.10. The SMILES string of the molecule is C1=NCc2ccc(Nc3ncnc4[nH]cc(-c5ccccc5)c34)cc21. The minimum absolute atomic E-state index is 0.767. The Labute approximate surface area is 144 Å². The smallest absolute Gasteiger partial charge is 0.143 e. The van der Waals surface area contributed by atoms with Crippen molar-refractivity contribution in [2.75, 3.05) is 5.32 Å². The van der Waals surface area contributed by atoms with Gasteiger partial charge in [-0.3, -0.25) is 4.99 Å². The number of aromatic amines is 1. The summed E-state index contributed by atoms with van der Waals surface area (Å²) in [5.74, 6) is 0.792. The lowest BCUT2D eigenvalue weighted by molar-refractivity contribution is 1.11. The molecule has 2 aromatic heterocycles. The van der Waals surface area contributed by atoms with Crippen LogP contribution in [0.15, 0.2) is 66.0 Å². The highest BCUT2D eigenvalue weighted by Crippen LogP contribution is 2.33. The van der Waals surface area contributed by atoms with E-state index in [2.05, 4.69) is 55.6 Å². The van der Waals surface area contributed by atoms with Gasteiger partial charge in [-0.05, 0) is 28.8 Å². The normalized spacial score (nSPS) is 12.5. The van der Waals surface area contributed by atoms with Crippen molar-refractivity contribution in [1.29, 1.82) is 0 Å². The number of nitrogens with one attached hydrogen (secondary N) is 2. The van der Waals surface area contributed by atoms with Gasteiger partial charge in [-0.15, -0.1) is 0 Å². The van der Waals surface area contributed by atoms with E-state index in [9.17, 15) is 0 Å². The van der Waals surface area contributed by atoms with Crippen LogP contribution < -0.4 is 5.32 Å². The van der Waals surface area contributed by atoms with Gasteiger partial charge < -0.3 is 10.3 Å². The Morgan fingerprint density at radius 3 is 2.84 bits per heavy atom. The molecule has 1 aliphatic rings. The van der Waals surface area contributed by atoms with Crippen LogP contribution >= 0.6 is 0 Å². The number of anilines is 2. The first-order valence-corrected chi connectivity index (χ1v) is 8.16. The summed E-state index contributed by atoms with van der Waals surface area (Å²) in [5.41, 5.74) is 6.44. The maximum absolute atomic E-state index is 4.48. The molecule has 0 fully saturated rings. The van der Waals surface area contributed by atoms with Gasteiger partial charge in [0.1, 0.15) is 17.8 Å². The van der Waals surface area contributed by atoms with Gasteiger partial charge in [-0.1, -0.05) is 36.4 Å². The van der Waals surface area contributed by atoms with Crippen LogP contribution in [0.3, 0.4) is 0 Å². The topological polar surface area (TPSA) is 66.0 Å². The summed E-state index contributed by atoms with van der Waals surface area (Å²) in [7, 11) is 0. The van der Waals surface area contributed by atoms with E-state index >= 15 is 0 Å². The van der Waals surface area contributed by atoms with Crippen LogP contribution in [0.5, 0.6) is 0 Å². The van der Waals surface area contributed by atoms with Crippen molar-refractivity contribution in [2.24, 2.45) is 4.99 Å². The maximum atomic E-state index is 4.48. The van der Waals surface area contributed by atoms with Crippen LogP contribution in [0, 0.1) is 0 Å². The molecule has 25 heavy (non-hydrogen) atoms. The van der Waals surface area contributed by atoms with Gasteiger partial charge >= 0.3 is 0 Å². The molecule has 3 heterocycles. The second kappa shape index (κ2) is 5.56. The summed E-state index contributed by atoms with van der Waals surface area (Å²) < 4.78 is 0. The molecule has 1 aliphatic heterocycles. The molecule has 0 amide bonds. The molecule has 5 rings (SSSR count). The summed E-state index contributed by atoms with van der Waals surface area (Å²) >= 11 is 0. The van der Waals surface area contributed by atoms with Gasteiger partial charge in [0.25, 0.3) is 0 Å². The van der Waals surface area contributed by atoms with Crippen molar-refractivity contribution in [3.05, 3.63) is 72.2 Å². The van der Waals surface area contributed by atoms with Crippen molar-refractivity contribution >= 4 is 28.8 Å². The maximum Gasteiger partial charge on any atom is 0.143 e. The second-order valence-corrected chi connectivity index (χ2v) is 6.02. The van der Waals surface area contributed by atoms with Crippen molar-refractivity contribution in [2.45, 2.75) is 6.54 Å². The van der Waals surface area contributed by atoms with Gasteiger partial charge in [0, 0.05) is 23.7 Å². The average molecular weight is 325 g/mol. The number of H-pyrrole nitrogens is 1. The highest BCUT2D eigenvalue weighted by molar-refractivity contribution is 6.02. The largest absolute Gasteiger partial charge is 0.345 e. The zero-order valence-electron chi connectivity index (χ0n) is 13.4. The number of fused-ring (bicyclic) bond motifs is 2. The minimum Gasteiger partial charge on any atom is -0.345 e. The summed E-state index contributed by atoms with van der Waals surface area (Å²) in [6, 6.07) is 16.5. The number of benzene rings is 2. The van der Waals surface area contributed by atoms with Crippen LogP contribution in [0.25, 0.3) is 22.2 Å². The first kappa shape index (κ1) is 13.9. The van der Waals surface area contributed by atoms with Crippen LogP contribution in [-0.2, 0) is 6.54 Å². The van der Waals surface area contributed by atoms with Crippen molar-refractivity contribution in [3.63, 3.8) is 0 Å². The van der Waals surface area contributed by atoms with E-state index in [4.69, 9.17) is 0 Å². The first-order valence-electron chi connectivity index (χ1n) is 8.16. The van der Waals surface area contributed by atoms with Crippen molar-refractivity contribution in [1.82, 2.24) is 15.0 Å². The molecular formula is C20H15N5. The van der Waals surface area contributed by atoms with Crippen LogP contribution in [-0.4, -0.2) is 21.2 Å². The Morgan fingerprint density at radius 1 is 1.00 bits per heavy atom. The number of aliphatic imine (C=N–C) groups is 1. The molecular weight excluding hydrogens is 310 g/mol. The number of rotatable bonds is 3. The molecule has 0 aliphatic carbocycles. The second-order valence-electron chi connectivity index (χ2n) is 6.02. The molecule has 0 saturated heterocycles. The van der Waals surface area contributed by atoms with E-state index in [1.165, 1.54) is 5.56 Å². The molecule has 5 nitrogen and oxygen atoms in total. The molecule has 5 heteroatoms. The van der Waals surface area contributed by atoms with Crippen LogP contribution in [0.4, 0.5) is 11.5 Å². The Balaban J connectivity index is 1.62. The predicted octanol–water partition coefficient (Wildman–Crippen LogP) is 4.30. The van der Waals surface area contributed by atoms with Gasteiger partial charge in [-0.25, -0.2) is 9.97 Å². The third kappa shape index (κ3) is 2.37. The summed E-state index contributed by atoms with van der Waals surface area (Å²) in [6.45, 7) is 0.767. The van der Waals surface area contributed by atoms with E-state index in [0.29, 0.717) is 0 Å². The van der Waals surface area contributed by atoms with Gasteiger partial charge in [0.2, 0.25) is 0 Å². The zero-order valence-corrected chi connectivity index (χ0v) is 13.4. The van der Waals surface area contributed by atoms with Gasteiger partial charge in [0.05, 0.1) is 11.9 Å². The van der Waals surface area contributed by atoms with Crippen LogP contribution in [0.1, 0.15) is 11.1 Å². The van der Waals surface area contributed by atoms with Gasteiger partial charge in [-0.2, -0.15) is 0 Å². The molecule has 4 aromatic rings. The van der Waals surface area contributed by atoms with E-state index < -0.39 is 0 Å². The lowest BCUT2D eigenvalue weighted by Crippen LogP contribution is -1.97. The third-order valence-corrected chi connectivity index (χ3v) is 4.46. The Bertz CT molecular complexity index is 1100. The molecule has 0 radical (unpaired) electrons. The van der Waals surface area contributed by atoms with Gasteiger partial charge in [0.15, 0.2) is 0 Å². The first-order chi connectivity index (χ1) is 12.4. The standard InChI is InChI=1S/C20H15N5/c1-2-4-13(5-3-1)17-11-22-19-18(17)20(24-12-23-19)25-16-7-6-14-9-21-10-15(14)8-16/h1-8,10-12H,9H2,(H2,22,23,24,25). The fraction of sp³-hybridized carbons (Fsp3) is 0.0500. The molecule has 0 spiro atoms. The molecule has 2 aromatic carbocycles.